The van der Waals surface area contributed by atoms with Gasteiger partial charge in [0.2, 0.25) is 0 Å². The van der Waals surface area contributed by atoms with Gasteiger partial charge in [-0.3, -0.25) is 4.79 Å². The van der Waals surface area contributed by atoms with Crippen LogP contribution in [0.1, 0.15) is 29.8 Å². The molecule has 1 rings (SSSR count). The third-order valence-corrected chi connectivity index (χ3v) is 2.83. The number of anilines is 1. The van der Waals surface area contributed by atoms with Crippen LogP contribution in [0.25, 0.3) is 0 Å². The molecule has 0 fully saturated rings. The van der Waals surface area contributed by atoms with Crippen molar-refractivity contribution in [1.29, 1.82) is 0 Å². The number of amides is 1. The van der Waals surface area contributed by atoms with Crippen molar-refractivity contribution < 1.29 is 26.7 Å². The summed E-state index contributed by atoms with van der Waals surface area (Å²) in [4.78, 5) is 12.2. The van der Waals surface area contributed by atoms with Gasteiger partial charge in [-0.15, -0.1) is 6.42 Å². The van der Waals surface area contributed by atoms with Crippen molar-refractivity contribution in [3.8, 4) is 12.3 Å². The van der Waals surface area contributed by atoms with E-state index in [1.165, 1.54) is 13.8 Å². The lowest BCUT2D eigenvalue weighted by atomic mass is 10.0. The maximum atomic E-state index is 12.8. The number of hydrogen-bond donors (Lipinski definition) is 2. The van der Waals surface area contributed by atoms with Crippen molar-refractivity contribution in [2.24, 2.45) is 0 Å². The molecule has 0 aliphatic carbocycles. The molecule has 3 nitrogen and oxygen atoms in total. The van der Waals surface area contributed by atoms with Crippen LogP contribution in [0, 0.1) is 12.3 Å². The predicted molar refractivity (Wildman–Crippen MR) is 76.3 cm³/mol. The first-order chi connectivity index (χ1) is 10.5. The number of carbonyl (C=O) groups is 1. The molecular formula is C15H15F5N2O. The summed E-state index contributed by atoms with van der Waals surface area (Å²) in [5, 5.41) is 4.61. The average Bonchev–Trinajstić information content (AvgIpc) is 2.43. The van der Waals surface area contributed by atoms with E-state index < -0.39 is 41.7 Å². The number of hydrogen-bond acceptors (Lipinski definition) is 2. The summed E-state index contributed by atoms with van der Waals surface area (Å²) in [5.74, 6) is 1.37. The van der Waals surface area contributed by atoms with Gasteiger partial charge in [-0.25, -0.2) is 8.78 Å². The second kappa shape index (κ2) is 6.86. The molecule has 0 bridgehead atoms. The molecule has 23 heavy (non-hydrogen) atoms. The highest BCUT2D eigenvalue weighted by Gasteiger charge is 2.32. The van der Waals surface area contributed by atoms with E-state index in [1.54, 1.807) is 0 Å². The summed E-state index contributed by atoms with van der Waals surface area (Å²) in [5.41, 5.74) is -2.72. The summed E-state index contributed by atoms with van der Waals surface area (Å²) in [6.45, 7) is 2.15. The predicted octanol–water partition coefficient (Wildman–Crippen LogP) is 3.52. The molecule has 0 radical (unpaired) electrons. The highest BCUT2D eigenvalue weighted by molar-refractivity contribution is 6.00. The van der Waals surface area contributed by atoms with E-state index in [-0.39, 0.29) is 5.69 Å². The molecule has 0 aliphatic rings. The summed E-state index contributed by atoms with van der Waals surface area (Å²) in [7, 11) is 0. The van der Waals surface area contributed by atoms with Gasteiger partial charge in [0.25, 0.3) is 12.3 Å². The standard InChI is InChI=1S/C15H15F5N2O/c1-4-14(2,3)22-13(23)10-7-9(15(18,19)20)5-6-11(10)21-8-12(16)17/h1,5-7,12,21H,8H2,2-3H3,(H,22,23). The first kappa shape index (κ1) is 18.7. The van der Waals surface area contributed by atoms with Gasteiger partial charge in [-0.1, -0.05) is 5.92 Å². The second-order valence-corrected chi connectivity index (χ2v) is 5.25. The molecule has 0 heterocycles. The molecule has 0 saturated heterocycles. The normalized spacial score (nSPS) is 12.0. The SMILES string of the molecule is C#CC(C)(C)NC(=O)c1cc(C(F)(F)F)ccc1NCC(F)F. The quantitative estimate of drug-likeness (QED) is 0.639. The zero-order valence-electron chi connectivity index (χ0n) is 12.4. The Labute approximate surface area is 130 Å². The fourth-order valence-corrected chi connectivity index (χ4v) is 1.64. The van der Waals surface area contributed by atoms with Crippen LogP contribution in [0.3, 0.4) is 0 Å². The number of benzene rings is 1. The first-order valence-electron chi connectivity index (χ1n) is 6.50. The summed E-state index contributed by atoms with van der Waals surface area (Å²) in [6.07, 6.45) is -2.19. The first-order valence-corrected chi connectivity index (χ1v) is 6.50. The Morgan fingerprint density at radius 1 is 1.30 bits per heavy atom. The van der Waals surface area contributed by atoms with Gasteiger partial charge in [0, 0.05) is 5.69 Å². The van der Waals surface area contributed by atoms with Crippen LogP contribution >= 0.6 is 0 Å². The van der Waals surface area contributed by atoms with Gasteiger partial charge >= 0.3 is 6.18 Å². The molecule has 0 saturated carbocycles. The Bertz CT molecular complexity index is 617. The van der Waals surface area contributed by atoms with Crippen LogP contribution in [0.2, 0.25) is 0 Å². The molecule has 1 aromatic carbocycles. The van der Waals surface area contributed by atoms with Crippen molar-refractivity contribution in [3.05, 3.63) is 29.3 Å². The van der Waals surface area contributed by atoms with Crippen molar-refractivity contribution in [1.82, 2.24) is 5.32 Å². The van der Waals surface area contributed by atoms with Gasteiger partial charge in [0.15, 0.2) is 0 Å². The highest BCUT2D eigenvalue weighted by Crippen LogP contribution is 2.32. The lowest BCUT2D eigenvalue weighted by molar-refractivity contribution is -0.137. The molecule has 0 aromatic heterocycles. The molecule has 0 unspecified atom stereocenters. The van der Waals surface area contributed by atoms with Crippen molar-refractivity contribution in [2.45, 2.75) is 32.0 Å². The number of nitrogens with one attached hydrogen (secondary N) is 2. The lowest BCUT2D eigenvalue weighted by Crippen LogP contribution is -2.42. The molecule has 0 spiro atoms. The van der Waals surface area contributed by atoms with E-state index in [0.29, 0.717) is 12.1 Å². The number of rotatable bonds is 5. The van der Waals surface area contributed by atoms with Crippen LogP contribution in [0.5, 0.6) is 0 Å². The monoisotopic (exact) mass is 334 g/mol. The fraction of sp³-hybridized carbons (Fsp3) is 0.400. The molecule has 1 amide bonds. The van der Waals surface area contributed by atoms with E-state index >= 15 is 0 Å². The van der Waals surface area contributed by atoms with Gasteiger partial charge in [0.1, 0.15) is 0 Å². The van der Waals surface area contributed by atoms with E-state index in [1.807, 2.05) is 0 Å². The maximum absolute atomic E-state index is 12.8. The van der Waals surface area contributed by atoms with Crippen LogP contribution in [0.15, 0.2) is 18.2 Å². The number of carbonyl (C=O) groups excluding carboxylic acids is 1. The Hall–Kier alpha value is -2.30. The third kappa shape index (κ3) is 5.43. The molecule has 2 N–H and O–H groups in total. The Morgan fingerprint density at radius 3 is 2.39 bits per heavy atom. The number of alkyl halides is 5. The molecule has 0 aliphatic heterocycles. The van der Waals surface area contributed by atoms with Crippen molar-refractivity contribution >= 4 is 11.6 Å². The molecule has 8 heteroatoms. The van der Waals surface area contributed by atoms with E-state index in [4.69, 9.17) is 6.42 Å². The zero-order valence-corrected chi connectivity index (χ0v) is 12.4. The van der Waals surface area contributed by atoms with Gasteiger partial charge in [-0.2, -0.15) is 13.2 Å². The molecule has 126 valence electrons. The third-order valence-electron chi connectivity index (χ3n) is 2.83. The van der Waals surface area contributed by atoms with Crippen LogP contribution in [0.4, 0.5) is 27.6 Å². The van der Waals surface area contributed by atoms with Crippen LogP contribution in [-0.4, -0.2) is 24.4 Å². The van der Waals surface area contributed by atoms with Crippen LogP contribution in [-0.2, 0) is 6.18 Å². The minimum absolute atomic E-state index is 0.136. The van der Waals surface area contributed by atoms with Crippen LogP contribution < -0.4 is 10.6 Å². The number of halogens is 5. The molecule has 1 aromatic rings. The maximum Gasteiger partial charge on any atom is 0.416 e. The van der Waals surface area contributed by atoms with Gasteiger partial charge in [-0.05, 0) is 32.0 Å². The van der Waals surface area contributed by atoms with Crippen molar-refractivity contribution in [3.63, 3.8) is 0 Å². The fourth-order valence-electron chi connectivity index (χ4n) is 1.64. The van der Waals surface area contributed by atoms with E-state index in [9.17, 15) is 26.7 Å². The van der Waals surface area contributed by atoms with E-state index in [0.717, 1.165) is 6.07 Å². The summed E-state index contributed by atoms with van der Waals surface area (Å²) >= 11 is 0. The Morgan fingerprint density at radius 2 is 1.91 bits per heavy atom. The van der Waals surface area contributed by atoms with Crippen molar-refractivity contribution in [2.75, 3.05) is 11.9 Å². The van der Waals surface area contributed by atoms with E-state index in [2.05, 4.69) is 16.6 Å². The van der Waals surface area contributed by atoms with Gasteiger partial charge in [0.05, 0.1) is 23.2 Å². The Balaban J connectivity index is 3.22. The molecule has 0 atom stereocenters. The smallest absolute Gasteiger partial charge is 0.379 e. The highest BCUT2D eigenvalue weighted by atomic mass is 19.4. The zero-order chi connectivity index (χ0) is 17.8. The largest absolute Gasteiger partial charge is 0.416 e. The lowest BCUT2D eigenvalue weighted by Gasteiger charge is -2.21. The van der Waals surface area contributed by atoms with Gasteiger partial charge < -0.3 is 10.6 Å². The number of terminal acetylenes is 1. The summed E-state index contributed by atoms with van der Waals surface area (Å²) in [6, 6.07) is 2.23. The topological polar surface area (TPSA) is 41.1 Å². The minimum Gasteiger partial charge on any atom is -0.379 e. The Kier molecular flexibility index (Phi) is 5.59. The summed E-state index contributed by atoms with van der Waals surface area (Å²) < 4.78 is 62.9. The second-order valence-electron chi connectivity index (χ2n) is 5.25. The minimum atomic E-state index is -4.67. The molecular weight excluding hydrogens is 319 g/mol. The average molecular weight is 334 g/mol.